The Morgan fingerprint density at radius 1 is 0.280 bits per heavy atom. The minimum atomic E-state index is -1.04. The summed E-state index contributed by atoms with van der Waals surface area (Å²) in [5.74, 6) is 0. The SMILES string of the molecule is Clc1ccc(P(c2ccc(Cl)cc2)c2ccc3ccccc3c2-c2c(P(c3ccc(Cl)cc3)c3ccc(Cl)cc3)ccc3ccccc23)cc1. The van der Waals surface area contributed by atoms with E-state index in [4.69, 9.17) is 46.4 Å². The van der Waals surface area contributed by atoms with E-state index in [0.717, 1.165) is 0 Å². The molecule has 0 saturated heterocycles. The number of halogens is 4. The van der Waals surface area contributed by atoms with Crippen molar-refractivity contribution in [3.8, 4) is 11.1 Å². The van der Waals surface area contributed by atoms with Crippen LogP contribution in [-0.2, 0) is 0 Å². The highest BCUT2D eigenvalue weighted by Gasteiger charge is 2.28. The molecule has 0 unspecified atom stereocenters. The second kappa shape index (κ2) is 14.5. The average molecular weight is 760 g/mol. The fourth-order valence-corrected chi connectivity index (χ4v) is 12.0. The predicted molar refractivity (Wildman–Crippen MR) is 224 cm³/mol. The summed E-state index contributed by atoms with van der Waals surface area (Å²) in [5, 5.41) is 15.0. The molecule has 8 aromatic carbocycles. The molecule has 0 fully saturated rings. The van der Waals surface area contributed by atoms with Crippen LogP contribution >= 0.6 is 62.2 Å². The van der Waals surface area contributed by atoms with Gasteiger partial charge in [-0.3, -0.25) is 0 Å². The molecule has 8 rings (SSSR count). The Morgan fingerprint density at radius 3 is 0.860 bits per heavy atom. The van der Waals surface area contributed by atoms with Crippen molar-refractivity contribution in [2.24, 2.45) is 0 Å². The third kappa shape index (κ3) is 6.59. The van der Waals surface area contributed by atoms with Crippen molar-refractivity contribution in [2.45, 2.75) is 0 Å². The molecule has 6 heteroatoms. The van der Waals surface area contributed by atoms with Gasteiger partial charge >= 0.3 is 0 Å². The molecule has 242 valence electrons. The number of benzene rings is 8. The zero-order chi connectivity index (χ0) is 34.2. The second-order valence-corrected chi connectivity index (χ2v) is 18.1. The minimum Gasteiger partial charge on any atom is -0.0843 e. The highest BCUT2D eigenvalue weighted by molar-refractivity contribution is 7.80. The lowest BCUT2D eigenvalue weighted by molar-refractivity contribution is 1.72. The monoisotopic (exact) mass is 758 g/mol. The molecule has 0 amide bonds. The van der Waals surface area contributed by atoms with Crippen LogP contribution < -0.4 is 31.8 Å². The van der Waals surface area contributed by atoms with Gasteiger partial charge in [0.1, 0.15) is 0 Å². The number of rotatable bonds is 7. The molecule has 0 aliphatic heterocycles. The van der Waals surface area contributed by atoms with Gasteiger partial charge in [-0.1, -0.05) is 168 Å². The summed E-state index contributed by atoms with van der Waals surface area (Å²) in [7, 11) is -2.08. The maximum absolute atomic E-state index is 6.47. The lowest BCUT2D eigenvalue weighted by Gasteiger charge is -2.28. The minimum absolute atomic E-state index is 0.714. The molecule has 0 aliphatic carbocycles. The largest absolute Gasteiger partial charge is 0.0843 e. The van der Waals surface area contributed by atoms with Crippen LogP contribution in [0.15, 0.2) is 170 Å². The maximum Gasteiger partial charge on any atom is 0.0406 e. The van der Waals surface area contributed by atoms with Crippen molar-refractivity contribution >= 4 is 116 Å². The van der Waals surface area contributed by atoms with Crippen molar-refractivity contribution in [2.75, 3.05) is 0 Å². The quantitative estimate of drug-likeness (QED) is 0.142. The highest BCUT2D eigenvalue weighted by Crippen LogP contribution is 2.46. The second-order valence-electron chi connectivity index (χ2n) is 11.9. The number of fused-ring (bicyclic) bond motifs is 2. The predicted octanol–water partition coefficient (Wildman–Crippen LogP) is 11.8. The van der Waals surface area contributed by atoms with E-state index in [1.54, 1.807) is 0 Å². The standard InChI is InChI=1S/C44H28Cl4P2/c45-31-11-19-35(20-12-31)49(36-21-13-32(46)14-22-36)41-27-9-29-5-1-3-7-39(29)43(41)44-40-8-4-2-6-30(40)10-28-42(44)50(37-23-15-33(47)16-24-37)38-25-17-34(48)18-26-38/h1-28H. The van der Waals surface area contributed by atoms with E-state index in [0.29, 0.717) is 20.1 Å². The molecule has 0 nitrogen and oxygen atoms in total. The molecule has 0 saturated carbocycles. The topological polar surface area (TPSA) is 0 Å². The Kier molecular flexibility index (Phi) is 9.70. The Labute approximate surface area is 314 Å². The van der Waals surface area contributed by atoms with Crippen molar-refractivity contribution in [3.05, 3.63) is 190 Å². The maximum atomic E-state index is 6.47. The smallest absolute Gasteiger partial charge is 0.0406 e. The Bertz CT molecular complexity index is 2190. The van der Waals surface area contributed by atoms with Gasteiger partial charge < -0.3 is 0 Å². The van der Waals surface area contributed by atoms with Gasteiger partial charge in [-0.05, 0) is 129 Å². The first kappa shape index (κ1) is 33.4. The first-order valence-corrected chi connectivity index (χ1v) is 20.3. The molecule has 0 spiro atoms. The highest BCUT2D eigenvalue weighted by atomic mass is 35.5. The van der Waals surface area contributed by atoms with Gasteiger partial charge in [-0.2, -0.15) is 0 Å². The normalized spacial score (nSPS) is 11.6. The molecule has 8 aromatic rings. The molecule has 0 bridgehead atoms. The average Bonchev–Trinajstić information content (AvgIpc) is 3.15. The summed E-state index contributed by atoms with van der Waals surface area (Å²) in [4.78, 5) is 0. The zero-order valence-corrected chi connectivity index (χ0v) is 31.4. The van der Waals surface area contributed by atoms with E-state index in [1.165, 1.54) is 64.5 Å². The van der Waals surface area contributed by atoms with Crippen molar-refractivity contribution in [1.82, 2.24) is 0 Å². The van der Waals surface area contributed by atoms with E-state index in [-0.39, 0.29) is 0 Å². The molecule has 0 aromatic heterocycles. The first-order valence-electron chi connectivity index (χ1n) is 16.1. The van der Waals surface area contributed by atoms with E-state index < -0.39 is 15.8 Å². The van der Waals surface area contributed by atoms with Gasteiger partial charge in [0.25, 0.3) is 0 Å². The fraction of sp³-hybridized carbons (Fsp3) is 0. The third-order valence-corrected chi connectivity index (χ3v) is 14.9. The lowest BCUT2D eigenvalue weighted by Crippen LogP contribution is -2.26. The summed E-state index contributed by atoms with van der Waals surface area (Å²) in [5.41, 5.74) is 2.47. The van der Waals surface area contributed by atoms with Crippen LogP contribution in [-0.4, -0.2) is 0 Å². The van der Waals surface area contributed by atoms with Crippen LogP contribution in [0.4, 0.5) is 0 Å². The molecular weight excluding hydrogens is 732 g/mol. The van der Waals surface area contributed by atoms with E-state index in [9.17, 15) is 0 Å². The Morgan fingerprint density at radius 2 is 0.560 bits per heavy atom. The van der Waals surface area contributed by atoms with Crippen LogP contribution in [0.3, 0.4) is 0 Å². The Hall–Kier alpha value is -3.70. The van der Waals surface area contributed by atoms with Crippen molar-refractivity contribution < 1.29 is 0 Å². The third-order valence-electron chi connectivity index (χ3n) is 8.89. The number of hydrogen-bond donors (Lipinski definition) is 0. The van der Waals surface area contributed by atoms with Crippen molar-refractivity contribution in [3.63, 3.8) is 0 Å². The van der Waals surface area contributed by atoms with Crippen LogP contribution in [0.1, 0.15) is 0 Å². The zero-order valence-electron chi connectivity index (χ0n) is 26.6. The van der Waals surface area contributed by atoms with Crippen LogP contribution in [0.5, 0.6) is 0 Å². The van der Waals surface area contributed by atoms with E-state index >= 15 is 0 Å². The summed E-state index contributed by atoms with van der Waals surface area (Å²) >= 11 is 25.9. The van der Waals surface area contributed by atoms with E-state index in [2.05, 4.69) is 121 Å². The van der Waals surface area contributed by atoms with Crippen LogP contribution in [0.25, 0.3) is 32.7 Å². The molecule has 50 heavy (non-hydrogen) atoms. The molecular formula is C44H28Cl4P2. The van der Waals surface area contributed by atoms with E-state index in [1.807, 2.05) is 48.5 Å². The summed E-state index contributed by atoms with van der Waals surface area (Å²) in [6.45, 7) is 0. The van der Waals surface area contributed by atoms with Gasteiger partial charge in [0.2, 0.25) is 0 Å². The fourth-order valence-electron chi connectivity index (χ4n) is 6.63. The van der Waals surface area contributed by atoms with Gasteiger partial charge in [-0.15, -0.1) is 0 Å². The first-order chi connectivity index (χ1) is 24.4. The number of hydrogen-bond acceptors (Lipinski definition) is 0. The molecule has 0 atom stereocenters. The molecule has 0 aliphatic rings. The van der Waals surface area contributed by atoms with Gasteiger partial charge in [0.05, 0.1) is 0 Å². The lowest BCUT2D eigenvalue weighted by atomic mass is 9.93. The van der Waals surface area contributed by atoms with Gasteiger partial charge in [-0.25, -0.2) is 0 Å². The summed E-state index contributed by atoms with van der Waals surface area (Å²) < 4.78 is 0. The van der Waals surface area contributed by atoms with Gasteiger partial charge in [0.15, 0.2) is 0 Å². The molecule has 0 heterocycles. The van der Waals surface area contributed by atoms with Gasteiger partial charge in [0, 0.05) is 20.1 Å². The summed E-state index contributed by atoms with van der Waals surface area (Å²) in [6.07, 6.45) is 0. The summed E-state index contributed by atoms with van der Waals surface area (Å²) in [6, 6.07) is 60.0. The van der Waals surface area contributed by atoms with Crippen molar-refractivity contribution in [1.29, 1.82) is 0 Å². The van der Waals surface area contributed by atoms with Crippen LogP contribution in [0, 0.1) is 0 Å². The molecule has 0 N–H and O–H groups in total. The van der Waals surface area contributed by atoms with Crippen LogP contribution in [0.2, 0.25) is 20.1 Å². The Balaban J connectivity index is 1.51. The molecule has 0 radical (unpaired) electrons.